The van der Waals surface area contributed by atoms with E-state index in [4.69, 9.17) is 9.47 Å². The number of methoxy groups -OCH3 is 1. The molecule has 0 aromatic rings. The number of carbonyl (C=O) groups is 1. The molecule has 0 aliphatic carbocycles. The van der Waals surface area contributed by atoms with Crippen LogP contribution in [-0.2, 0) is 9.47 Å². The summed E-state index contributed by atoms with van der Waals surface area (Å²) < 4.78 is 10.6. The Balaban J connectivity index is 0. The van der Waals surface area contributed by atoms with Crippen LogP contribution in [0, 0.1) is 0 Å². The van der Waals surface area contributed by atoms with Gasteiger partial charge in [-0.3, -0.25) is 4.99 Å². The lowest BCUT2D eigenvalue weighted by molar-refractivity contribution is 0.0190. The molecule has 0 saturated carbocycles. The van der Waals surface area contributed by atoms with Crippen molar-refractivity contribution in [3.05, 3.63) is 0 Å². The van der Waals surface area contributed by atoms with E-state index in [1.54, 1.807) is 19.1 Å². The highest BCUT2D eigenvalue weighted by Crippen LogP contribution is 2.12. The highest BCUT2D eigenvalue weighted by molar-refractivity contribution is 14.0. The van der Waals surface area contributed by atoms with Crippen molar-refractivity contribution in [3.63, 3.8) is 0 Å². The quantitative estimate of drug-likeness (QED) is 0.246. The molecule has 0 heterocycles. The Morgan fingerprint density at radius 2 is 1.84 bits per heavy atom. The lowest BCUT2D eigenvalue weighted by atomic mass is 10.2. The summed E-state index contributed by atoms with van der Waals surface area (Å²) in [7, 11) is 3.40. The van der Waals surface area contributed by atoms with Gasteiger partial charge in [0.1, 0.15) is 5.60 Å². The van der Waals surface area contributed by atoms with E-state index < -0.39 is 5.60 Å². The topological polar surface area (TPSA) is 75.2 Å². The molecule has 1 unspecified atom stereocenters. The Labute approximate surface area is 170 Å². The smallest absolute Gasteiger partial charge is 0.410 e. The van der Waals surface area contributed by atoms with Crippen LogP contribution in [0.15, 0.2) is 4.99 Å². The lowest BCUT2D eigenvalue weighted by Gasteiger charge is -2.30. The Hall–Kier alpha value is -0.770. The van der Waals surface area contributed by atoms with Crippen LogP contribution in [-0.4, -0.2) is 68.5 Å². The molecule has 0 fully saturated rings. The molecule has 0 aromatic heterocycles. The monoisotopic (exact) mass is 472 g/mol. The number of amides is 1. The highest BCUT2D eigenvalue weighted by Gasteiger charge is 2.23. The highest BCUT2D eigenvalue weighted by atomic mass is 127. The van der Waals surface area contributed by atoms with E-state index in [1.807, 2.05) is 41.5 Å². The zero-order chi connectivity index (χ0) is 18.8. The van der Waals surface area contributed by atoms with Gasteiger partial charge in [0, 0.05) is 39.3 Å². The van der Waals surface area contributed by atoms with Crippen molar-refractivity contribution in [2.75, 3.05) is 33.9 Å². The van der Waals surface area contributed by atoms with E-state index in [0.717, 1.165) is 12.4 Å². The normalized spacial score (nSPS) is 13.1. The van der Waals surface area contributed by atoms with Crippen molar-refractivity contribution < 1.29 is 14.3 Å². The van der Waals surface area contributed by atoms with Crippen molar-refractivity contribution in [1.29, 1.82) is 0 Å². The third-order valence-electron chi connectivity index (χ3n) is 3.14. The average Bonchev–Trinajstić information content (AvgIpc) is 2.43. The van der Waals surface area contributed by atoms with E-state index in [2.05, 4.69) is 15.6 Å². The van der Waals surface area contributed by atoms with Gasteiger partial charge in [0.25, 0.3) is 0 Å². The minimum atomic E-state index is -0.480. The summed E-state index contributed by atoms with van der Waals surface area (Å²) in [6.07, 6.45) is 0.533. The molecule has 2 N–H and O–H groups in total. The number of hydrogen-bond donors (Lipinski definition) is 2. The van der Waals surface area contributed by atoms with Gasteiger partial charge in [-0.25, -0.2) is 4.79 Å². The fourth-order valence-corrected chi connectivity index (χ4v) is 2.06. The first-order valence-corrected chi connectivity index (χ1v) is 8.56. The average molecular weight is 472 g/mol. The number of guanidine groups is 1. The van der Waals surface area contributed by atoms with Crippen molar-refractivity contribution in [3.8, 4) is 0 Å². The van der Waals surface area contributed by atoms with Crippen LogP contribution >= 0.6 is 24.0 Å². The largest absolute Gasteiger partial charge is 0.444 e. The molecule has 0 rings (SSSR count). The lowest BCUT2D eigenvalue weighted by Crippen LogP contribution is -2.45. The van der Waals surface area contributed by atoms with E-state index in [0.29, 0.717) is 19.7 Å². The second-order valence-electron chi connectivity index (χ2n) is 7.12. The summed E-state index contributed by atoms with van der Waals surface area (Å²) >= 11 is 0. The van der Waals surface area contributed by atoms with Crippen LogP contribution < -0.4 is 10.6 Å². The maximum absolute atomic E-state index is 12.2. The van der Waals surface area contributed by atoms with Gasteiger partial charge in [-0.2, -0.15) is 0 Å². The fourth-order valence-electron chi connectivity index (χ4n) is 2.06. The molecule has 8 heteroatoms. The molecule has 150 valence electrons. The fraction of sp³-hybridized carbons (Fsp3) is 0.882. The Morgan fingerprint density at radius 3 is 2.28 bits per heavy atom. The molecule has 0 saturated heterocycles. The van der Waals surface area contributed by atoms with E-state index in [-0.39, 0.29) is 42.2 Å². The molecule has 0 radical (unpaired) electrons. The Morgan fingerprint density at radius 1 is 1.24 bits per heavy atom. The summed E-state index contributed by atoms with van der Waals surface area (Å²) in [5.74, 6) is 0.730. The van der Waals surface area contributed by atoms with Gasteiger partial charge in [0.2, 0.25) is 0 Å². The molecular formula is C17H37IN4O3. The molecule has 7 nitrogen and oxygen atoms in total. The van der Waals surface area contributed by atoms with Gasteiger partial charge in [-0.15, -0.1) is 24.0 Å². The Bertz CT molecular complexity index is 398. The SMILES string of the molecule is CN=C(NCCCN(C(=O)OC(C)(C)C)C(C)C)NC(C)COC.I. The minimum absolute atomic E-state index is 0. The van der Waals surface area contributed by atoms with Crippen LogP contribution in [0.1, 0.15) is 48.0 Å². The number of rotatable bonds is 8. The van der Waals surface area contributed by atoms with Gasteiger partial charge in [0.15, 0.2) is 5.96 Å². The molecule has 25 heavy (non-hydrogen) atoms. The van der Waals surface area contributed by atoms with Gasteiger partial charge in [0.05, 0.1) is 6.61 Å². The maximum Gasteiger partial charge on any atom is 0.410 e. The first-order chi connectivity index (χ1) is 11.1. The summed E-state index contributed by atoms with van der Waals surface area (Å²) in [6.45, 7) is 13.6. The van der Waals surface area contributed by atoms with Crippen molar-refractivity contribution in [1.82, 2.24) is 15.5 Å². The Kier molecular flexibility index (Phi) is 14.2. The summed E-state index contributed by atoms with van der Waals surface area (Å²) in [4.78, 5) is 18.2. The van der Waals surface area contributed by atoms with E-state index in [9.17, 15) is 4.79 Å². The van der Waals surface area contributed by atoms with Crippen LogP contribution in [0.5, 0.6) is 0 Å². The molecule has 0 aliphatic rings. The number of ether oxygens (including phenoxy) is 2. The molecule has 1 amide bonds. The maximum atomic E-state index is 12.2. The van der Waals surface area contributed by atoms with E-state index in [1.165, 1.54) is 0 Å². The number of hydrogen-bond acceptors (Lipinski definition) is 4. The summed E-state index contributed by atoms with van der Waals surface area (Å²) in [5, 5.41) is 6.49. The second-order valence-corrected chi connectivity index (χ2v) is 7.12. The van der Waals surface area contributed by atoms with Crippen molar-refractivity contribution >= 4 is 36.0 Å². The molecule has 0 aromatic carbocycles. The molecular weight excluding hydrogens is 435 g/mol. The van der Waals surface area contributed by atoms with Gasteiger partial charge in [-0.1, -0.05) is 0 Å². The zero-order valence-electron chi connectivity index (χ0n) is 17.0. The zero-order valence-corrected chi connectivity index (χ0v) is 19.3. The summed E-state index contributed by atoms with van der Waals surface area (Å²) in [5.41, 5.74) is -0.480. The van der Waals surface area contributed by atoms with Crippen molar-refractivity contribution in [2.45, 2.75) is 65.6 Å². The molecule has 0 bridgehead atoms. The number of nitrogens with one attached hydrogen (secondary N) is 2. The third-order valence-corrected chi connectivity index (χ3v) is 3.14. The van der Waals surface area contributed by atoms with Crippen LogP contribution in [0.2, 0.25) is 0 Å². The second kappa shape index (κ2) is 13.4. The first kappa shape index (κ1) is 26.5. The molecule has 0 spiro atoms. The predicted molar refractivity (Wildman–Crippen MR) is 114 cm³/mol. The predicted octanol–water partition coefficient (Wildman–Crippen LogP) is 2.84. The number of carbonyl (C=O) groups excluding carboxylic acids is 1. The van der Waals surface area contributed by atoms with Crippen LogP contribution in [0.4, 0.5) is 4.79 Å². The third kappa shape index (κ3) is 13.1. The standard InChI is InChI=1S/C17H36N4O3.HI/c1-13(2)21(16(22)24-17(4,5)6)11-9-10-19-15(18-7)20-14(3)12-23-8;/h13-14H,9-12H2,1-8H3,(H2,18,19,20);1H. The van der Waals surface area contributed by atoms with Crippen LogP contribution in [0.25, 0.3) is 0 Å². The molecule has 1 atom stereocenters. The minimum Gasteiger partial charge on any atom is -0.444 e. The first-order valence-electron chi connectivity index (χ1n) is 8.56. The van der Waals surface area contributed by atoms with Crippen LogP contribution in [0.3, 0.4) is 0 Å². The van der Waals surface area contributed by atoms with Crippen molar-refractivity contribution in [2.24, 2.45) is 4.99 Å². The number of halogens is 1. The summed E-state index contributed by atoms with van der Waals surface area (Å²) in [6, 6.07) is 0.272. The number of aliphatic imine (C=N–C) groups is 1. The number of nitrogens with zero attached hydrogens (tertiary/aromatic N) is 2. The van der Waals surface area contributed by atoms with Gasteiger partial charge >= 0.3 is 6.09 Å². The van der Waals surface area contributed by atoms with Gasteiger partial charge < -0.3 is 25.0 Å². The van der Waals surface area contributed by atoms with E-state index >= 15 is 0 Å². The van der Waals surface area contributed by atoms with Gasteiger partial charge in [-0.05, 0) is 48.0 Å². The molecule has 0 aliphatic heterocycles.